The molecule has 3 N–H and O–H groups in total. The van der Waals surface area contributed by atoms with Gasteiger partial charge in [-0.05, 0) is 49.9 Å². The number of piperidine rings is 1. The van der Waals surface area contributed by atoms with Gasteiger partial charge in [0, 0.05) is 32.1 Å². The number of nitrogens with one attached hydrogen (secondary N) is 1. The summed E-state index contributed by atoms with van der Waals surface area (Å²) in [6.07, 6.45) is 4.18. The highest BCUT2D eigenvalue weighted by atomic mass is 16.5. The van der Waals surface area contributed by atoms with Crippen molar-refractivity contribution in [2.75, 3.05) is 32.8 Å². The number of hydrogen-bond donors (Lipinski definition) is 2. The van der Waals surface area contributed by atoms with Gasteiger partial charge >= 0.3 is 0 Å². The van der Waals surface area contributed by atoms with E-state index in [0.717, 1.165) is 31.4 Å². The van der Waals surface area contributed by atoms with Crippen LogP contribution in [0.4, 0.5) is 0 Å². The summed E-state index contributed by atoms with van der Waals surface area (Å²) in [5.74, 6) is 1.30. The first kappa shape index (κ1) is 21.0. The average molecular weight is 377 g/mol. The van der Waals surface area contributed by atoms with E-state index in [1.165, 1.54) is 0 Å². The molecule has 7 nitrogen and oxygen atoms in total. The second-order valence-electron chi connectivity index (χ2n) is 6.69. The van der Waals surface area contributed by atoms with Gasteiger partial charge in [0.05, 0.1) is 6.61 Å². The molecule has 1 heterocycles. The standard InChI is InChI=1S/C20H31N3O4/c1-2-13-26-17-6-8-18(9-7-17)27-15-20(25)23-12-4-3-5-16(23)14-22-19(24)10-11-21/h6-9,16H,2-5,10-15,21H2,1H3,(H,22,24). The molecule has 27 heavy (non-hydrogen) atoms. The Morgan fingerprint density at radius 1 is 1.19 bits per heavy atom. The van der Waals surface area contributed by atoms with Crippen LogP contribution < -0.4 is 20.5 Å². The normalized spacial score (nSPS) is 16.7. The summed E-state index contributed by atoms with van der Waals surface area (Å²) in [4.78, 5) is 26.1. The molecule has 0 saturated carbocycles. The van der Waals surface area contributed by atoms with Gasteiger partial charge in [0.1, 0.15) is 11.5 Å². The maximum atomic E-state index is 12.6. The lowest BCUT2D eigenvalue weighted by Crippen LogP contribution is -2.50. The largest absolute Gasteiger partial charge is 0.494 e. The van der Waals surface area contributed by atoms with Gasteiger partial charge in [-0.2, -0.15) is 0 Å². The molecule has 2 rings (SSSR count). The number of benzene rings is 1. The monoisotopic (exact) mass is 377 g/mol. The van der Waals surface area contributed by atoms with Crippen LogP contribution in [0.5, 0.6) is 11.5 Å². The number of likely N-dealkylation sites (tertiary alicyclic amines) is 1. The lowest BCUT2D eigenvalue weighted by molar-refractivity contribution is -0.137. The molecule has 1 aliphatic heterocycles. The minimum atomic E-state index is -0.0721. The number of ether oxygens (including phenoxy) is 2. The van der Waals surface area contributed by atoms with E-state index < -0.39 is 0 Å². The van der Waals surface area contributed by atoms with E-state index in [1.807, 2.05) is 17.0 Å². The molecule has 1 unspecified atom stereocenters. The van der Waals surface area contributed by atoms with Gasteiger partial charge in [0.25, 0.3) is 5.91 Å². The Hall–Kier alpha value is -2.28. The van der Waals surface area contributed by atoms with Crippen LogP contribution in [0, 0.1) is 0 Å². The van der Waals surface area contributed by atoms with Crippen molar-refractivity contribution >= 4 is 11.8 Å². The summed E-state index contributed by atoms with van der Waals surface area (Å²) < 4.78 is 11.2. The maximum absolute atomic E-state index is 12.6. The molecule has 1 fully saturated rings. The van der Waals surface area contributed by atoms with E-state index in [1.54, 1.807) is 12.1 Å². The number of amides is 2. The molecule has 1 atom stereocenters. The van der Waals surface area contributed by atoms with E-state index >= 15 is 0 Å². The molecule has 150 valence electrons. The zero-order chi connectivity index (χ0) is 19.5. The quantitative estimate of drug-likeness (QED) is 0.647. The second kappa shape index (κ2) is 11.4. The van der Waals surface area contributed by atoms with Crippen LogP contribution in [0.15, 0.2) is 24.3 Å². The third-order valence-corrected chi connectivity index (χ3v) is 4.51. The van der Waals surface area contributed by atoms with Gasteiger partial charge in [0.15, 0.2) is 6.61 Å². The van der Waals surface area contributed by atoms with Crippen molar-refractivity contribution in [2.24, 2.45) is 5.73 Å². The first-order valence-electron chi connectivity index (χ1n) is 9.76. The predicted molar refractivity (Wildman–Crippen MR) is 104 cm³/mol. The van der Waals surface area contributed by atoms with Gasteiger partial charge in [-0.3, -0.25) is 9.59 Å². The van der Waals surface area contributed by atoms with Gasteiger partial charge in [-0.25, -0.2) is 0 Å². The lowest BCUT2D eigenvalue weighted by Gasteiger charge is -2.35. The minimum Gasteiger partial charge on any atom is -0.494 e. The third-order valence-electron chi connectivity index (χ3n) is 4.51. The van der Waals surface area contributed by atoms with Crippen LogP contribution in [0.2, 0.25) is 0 Å². The van der Waals surface area contributed by atoms with E-state index in [9.17, 15) is 9.59 Å². The molecule has 0 radical (unpaired) electrons. The molecular weight excluding hydrogens is 346 g/mol. The van der Waals surface area contributed by atoms with Crippen molar-refractivity contribution < 1.29 is 19.1 Å². The van der Waals surface area contributed by atoms with Gasteiger partial charge in [-0.15, -0.1) is 0 Å². The summed E-state index contributed by atoms with van der Waals surface area (Å²) in [6.45, 7) is 4.21. The first-order valence-corrected chi connectivity index (χ1v) is 9.76. The van der Waals surface area contributed by atoms with Gasteiger partial charge in [0.2, 0.25) is 5.91 Å². The Balaban J connectivity index is 1.82. The summed E-state index contributed by atoms with van der Waals surface area (Å²) in [5, 5.41) is 2.87. The Morgan fingerprint density at radius 2 is 1.89 bits per heavy atom. The van der Waals surface area contributed by atoms with Crippen molar-refractivity contribution in [3.8, 4) is 11.5 Å². The number of hydrogen-bond acceptors (Lipinski definition) is 5. The zero-order valence-electron chi connectivity index (χ0n) is 16.1. The molecule has 0 aromatic heterocycles. The Labute approximate surface area is 161 Å². The molecule has 1 aromatic carbocycles. The Morgan fingerprint density at radius 3 is 2.56 bits per heavy atom. The number of nitrogens with zero attached hydrogens (tertiary/aromatic N) is 1. The van der Waals surface area contributed by atoms with Crippen molar-refractivity contribution in [3.63, 3.8) is 0 Å². The molecule has 0 spiro atoms. The molecule has 0 aliphatic carbocycles. The Kier molecular flexibility index (Phi) is 8.91. The fourth-order valence-corrected chi connectivity index (χ4v) is 3.07. The van der Waals surface area contributed by atoms with Crippen molar-refractivity contribution in [1.29, 1.82) is 0 Å². The second-order valence-corrected chi connectivity index (χ2v) is 6.69. The van der Waals surface area contributed by atoms with E-state index in [4.69, 9.17) is 15.2 Å². The summed E-state index contributed by atoms with van der Waals surface area (Å²) in [5.41, 5.74) is 5.39. The van der Waals surface area contributed by atoms with Gasteiger partial charge < -0.3 is 25.4 Å². The molecule has 2 amide bonds. The van der Waals surface area contributed by atoms with E-state index in [2.05, 4.69) is 12.2 Å². The highest BCUT2D eigenvalue weighted by Crippen LogP contribution is 2.19. The van der Waals surface area contributed by atoms with E-state index in [-0.39, 0.29) is 24.5 Å². The molecule has 7 heteroatoms. The molecular formula is C20H31N3O4. The smallest absolute Gasteiger partial charge is 0.260 e. The molecule has 1 aliphatic rings. The average Bonchev–Trinajstić information content (AvgIpc) is 2.70. The summed E-state index contributed by atoms with van der Waals surface area (Å²) in [6, 6.07) is 7.30. The summed E-state index contributed by atoms with van der Waals surface area (Å²) in [7, 11) is 0. The van der Waals surface area contributed by atoms with Crippen LogP contribution in [0.3, 0.4) is 0 Å². The molecule has 1 saturated heterocycles. The lowest BCUT2D eigenvalue weighted by atomic mass is 10.0. The highest BCUT2D eigenvalue weighted by Gasteiger charge is 2.27. The first-order chi connectivity index (χ1) is 13.1. The van der Waals surface area contributed by atoms with Crippen LogP contribution in [0.1, 0.15) is 39.0 Å². The minimum absolute atomic E-state index is 0.0115. The van der Waals surface area contributed by atoms with Crippen molar-refractivity contribution in [1.82, 2.24) is 10.2 Å². The highest BCUT2D eigenvalue weighted by molar-refractivity contribution is 5.79. The number of carbonyl (C=O) groups excluding carboxylic acids is 2. The number of nitrogens with two attached hydrogens (primary N) is 1. The van der Waals surface area contributed by atoms with Crippen LogP contribution in [0.25, 0.3) is 0 Å². The zero-order valence-corrected chi connectivity index (χ0v) is 16.1. The summed E-state index contributed by atoms with van der Waals surface area (Å²) >= 11 is 0. The van der Waals surface area contributed by atoms with Crippen molar-refractivity contribution in [2.45, 2.75) is 45.1 Å². The van der Waals surface area contributed by atoms with Crippen LogP contribution in [-0.4, -0.2) is 55.6 Å². The third kappa shape index (κ3) is 7.09. The number of rotatable bonds is 10. The maximum Gasteiger partial charge on any atom is 0.260 e. The van der Waals surface area contributed by atoms with Crippen molar-refractivity contribution in [3.05, 3.63) is 24.3 Å². The fourth-order valence-electron chi connectivity index (χ4n) is 3.07. The van der Waals surface area contributed by atoms with Gasteiger partial charge in [-0.1, -0.05) is 6.92 Å². The Bertz CT molecular complexity index is 591. The van der Waals surface area contributed by atoms with Crippen LogP contribution in [-0.2, 0) is 9.59 Å². The number of carbonyl (C=O) groups is 2. The SMILES string of the molecule is CCCOc1ccc(OCC(=O)N2CCCCC2CNC(=O)CCN)cc1. The van der Waals surface area contributed by atoms with Crippen LogP contribution >= 0.6 is 0 Å². The fraction of sp³-hybridized carbons (Fsp3) is 0.600. The predicted octanol–water partition coefficient (Wildman–Crippen LogP) is 1.70. The topological polar surface area (TPSA) is 93.9 Å². The molecule has 1 aromatic rings. The van der Waals surface area contributed by atoms with E-state index in [0.29, 0.717) is 38.4 Å². The molecule has 0 bridgehead atoms.